The summed E-state index contributed by atoms with van der Waals surface area (Å²) in [6.45, 7) is 7.16. The van der Waals surface area contributed by atoms with E-state index >= 15 is 0 Å². The first-order valence-corrected chi connectivity index (χ1v) is 6.41. The van der Waals surface area contributed by atoms with Crippen LogP contribution >= 0.6 is 0 Å². The third kappa shape index (κ3) is 2.38. The smallest absolute Gasteiger partial charge is 0.0552 e. The Morgan fingerprint density at radius 2 is 1.76 bits per heavy atom. The van der Waals surface area contributed by atoms with E-state index in [4.69, 9.17) is 5.73 Å². The van der Waals surface area contributed by atoms with E-state index in [1.165, 1.54) is 22.3 Å². The molecule has 0 aliphatic heterocycles. The lowest BCUT2D eigenvalue weighted by molar-refractivity contribution is -0.0261. The van der Waals surface area contributed by atoms with Crippen LogP contribution in [0, 0.1) is 26.2 Å². The first-order valence-electron chi connectivity index (χ1n) is 6.41. The van der Waals surface area contributed by atoms with Crippen molar-refractivity contribution in [1.29, 1.82) is 0 Å². The summed E-state index contributed by atoms with van der Waals surface area (Å²) in [4.78, 5) is 0. The van der Waals surface area contributed by atoms with Gasteiger partial charge in [0.2, 0.25) is 0 Å². The van der Waals surface area contributed by atoms with Gasteiger partial charge in [-0.3, -0.25) is 0 Å². The van der Waals surface area contributed by atoms with E-state index in [1.807, 2.05) is 0 Å². The summed E-state index contributed by atoms with van der Waals surface area (Å²) in [5.74, 6) is 0. The Bertz CT molecular complexity index is 396. The lowest BCUT2D eigenvalue weighted by Crippen LogP contribution is -2.47. The minimum Gasteiger partial charge on any atom is -0.393 e. The molecule has 94 valence electrons. The zero-order chi connectivity index (χ0) is 12.6. The quantitative estimate of drug-likeness (QED) is 0.841. The molecular weight excluding hydrogens is 210 g/mol. The largest absolute Gasteiger partial charge is 0.393 e. The number of aryl methyl sites for hydroxylation is 3. The highest BCUT2D eigenvalue weighted by molar-refractivity contribution is 5.38. The molecule has 2 rings (SSSR count). The number of nitrogens with two attached hydrogens (primary N) is 1. The number of hydrogen-bond donors (Lipinski definition) is 2. The van der Waals surface area contributed by atoms with Gasteiger partial charge in [0.05, 0.1) is 6.10 Å². The Labute approximate surface area is 104 Å². The van der Waals surface area contributed by atoms with Crippen LogP contribution in [0.5, 0.6) is 0 Å². The van der Waals surface area contributed by atoms with Gasteiger partial charge in [0.25, 0.3) is 0 Å². The highest BCUT2D eigenvalue weighted by atomic mass is 16.3. The van der Waals surface area contributed by atoms with Crippen molar-refractivity contribution in [3.8, 4) is 0 Å². The molecule has 3 N–H and O–H groups in total. The van der Waals surface area contributed by atoms with Crippen LogP contribution in [0.15, 0.2) is 12.1 Å². The van der Waals surface area contributed by atoms with Crippen molar-refractivity contribution < 1.29 is 5.11 Å². The van der Waals surface area contributed by atoms with Crippen LogP contribution in [0.1, 0.15) is 35.1 Å². The van der Waals surface area contributed by atoms with Crippen molar-refractivity contribution >= 4 is 0 Å². The lowest BCUT2D eigenvalue weighted by atomic mass is 9.63. The number of aliphatic hydroxyl groups excluding tert-OH is 1. The van der Waals surface area contributed by atoms with Gasteiger partial charge in [-0.15, -0.1) is 0 Å². The second kappa shape index (κ2) is 4.43. The van der Waals surface area contributed by atoms with E-state index in [0.717, 1.165) is 19.3 Å². The third-order valence-corrected chi connectivity index (χ3v) is 4.16. The Morgan fingerprint density at radius 3 is 2.18 bits per heavy atom. The summed E-state index contributed by atoms with van der Waals surface area (Å²) in [7, 11) is 0. The van der Waals surface area contributed by atoms with Crippen molar-refractivity contribution in [2.45, 2.75) is 46.1 Å². The standard InChI is InChI=1S/C15H23NO/c1-10-4-11(2)14(12(3)5-10)8-15(9-16)6-13(17)7-15/h4-5,13,17H,6-9,16H2,1-3H3. The van der Waals surface area contributed by atoms with Crippen molar-refractivity contribution in [2.24, 2.45) is 11.1 Å². The molecular formula is C15H23NO. The predicted molar refractivity (Wildman–Crippen MR) is 71.1 cm³/mol. The van der Waals surface area contributed by atoms with E-state index in [-0.39, 0.29) is 11.5 Å². The van der Waals surface area contributed by atoms with E-state index < -0.39 is 0 Å². The van der Waals surface area contributed by atoms with Gasteiger partial charge < -0.3 is 10.8 Å². The van der Waals surface area contributed by atoms with E-state index in [2.05, 4.69) is 32.9 Å². The van der Waals surface area contributed by atoms with Gasteiger partial charge >= 0.3 is 0 Å². The zero-order valence-corrected chi connectivity index (χ0v) is 11.1. The van der Waals surface area contributed by atoms with Crippen molar-refractivity contribution in [3.63, 3.8) is 0 Å². The predicted octanol–water partition coefficient (Wildman–Crippen LogP) is 2.25. The number of aliphatic hydroxyl groups is 1. The molecule has 0 radical (unpaired) electrons. The lowest BCUT2D eigenvalue weighted by Gasteiger charge is -2.45. The molecule has 1 aromatic carbocycles. The summed E-state index contributed by atoms with van der Waals surface area (Å²) in [6.07, 6.45) is 2.59. The van der Waals surface area contributed by atoms with Crippen molar-refractivity contribution in [2.75, 3.05) is 6.54 Å². The molecule has 0 bridgehead atoms. The van der Waals surface area contributed by atoms with Gasteiger partial charge in [-0.2, -0.15) is 0 Å². The Hall–Kier alpha value is -0.860. The van der Waals surface area contributed by atoms with Gasteiger partial charge in [0, 0.05) is 0 Å². The minimum atomic E-state index is -0.135. The third-order valence-electron chi connectivity index (χ3n) is 4.16. The minimum absolute atomic E-state index is 0.135. The van der Waals surface area contributed by atoms with Gasteiger partial charge in [-0.05, 0) is 68.7 Å². The molecule has 17 heavy (non-hydrogen) atoms. The molecule has 1 fully saturated rings. The first-order chi connectivity index (χ1) is 7.96. The van der Waals surface area contributed by atoms with E-state index in [1.54, 1.807) is 0 Å². The summed E-state index contributed by atoms with van der Waals surface area (Å²) >= 11 is 0. The molecule has 2 nitrogen and oxygen atoms in total. The van der Waals surface area contributed by atoms with Crippen molar-refractivity contribution in [3.05, 3.63) is 34.4 Å². The van der Waals surface area contributed by atoms with E-state index in [9.17, 15) is 5.11 Å². The monoisotopic (exact) mass is 233 g/mol. The molecule has 0 saturated heterocycles. The highest BCUT2D eigenvalue weighted by Crippen LogP contribution is 2.43. The number of hydrogen-bond acceptors (Lipinski definition) is 2. The number of benzene rings is 1. The Morgan fingerprint density at radius 1 is 1.24 bits per heavy atom. The summed E-state index contributed by atoms with van der Waals surface area (Å²) in [6, 6.07) is 4.48. The fourth-order valence-electron chi connectivity index (χ4n) is 3.19. The maximum absolute atomic E-state index is 9.52. The van der Waals surface area contributed by atoms with Gasteiger partial charge in [0.15, 0.2) is 0 Å². The van der Waals surface area contributed by atoms with Crippen LogP contribution in [-0.4, -0.2) is 17.8 Å². The van der Waals surface area contributed by atoms with Crippen LogP contribution in [-0.2, 0) is 6.42 Å². The first kappa shape index (κ1) is 12.6. The molecule has 1 saturated carbocycles. The second-order valence-corrected chi connectivity index (χ2v) is 5.82. The Kier molecular flexibility index (Phi) is 3.28. The normalized spacial score (nSPS) is 27.9. The van der Waals surface area contributed by atoms with Gasteiger partial charge in [0.1, 0.15) is 0 Å². The molecule has 0 heterocycles. The van der Waals surface area contributed by atoms with Gasteiger partial charge in [-0.1, -0.05) is 17.7 Å². The maximum atomic E-state index is 9.52. The van der Waals surface area contributed by atoms with Crippen LogP contribution in [0.3, 0.4) is 0 Å². The molecule has 2 heteroatoms. The van der Waals surface area contributed by atoms with Crippen LogP contribution in [0.4, 0.5) is 0 Å². The molecule has 0 amide bonds. The number of rotatable bonds is 3. The van der Waals surface area contributed by atoms with Crippen molar-refractivity contribution in [1.82, 2.24) is 0 Å². The molecule has 1 aromatic rings. The topological polar surface area (TPSA) is 46.2 Å². The molecule has 1 aliphatic rings. The van der Waals surface area contributed by atoms with Crippen LogP contribution in [0.25, 0.3) is 0 Å². The average molecular weight is 233 g/mol. The summed E-state index contributed by atoms with van der Waals surface area (Å²) in [5, 5.41) is 9.52. The molecule has 1 aliphatic carbocycles. The molecule has 0 aromatic heterocycles. The molecule has 0 unspecified atom stereocenters. The van der Waals surface area contributed by atoms with Crippen LogP contribution < -0.4 is 5.73 Å². The highest BCUT2D eigenvalue weighted by Gasteiger charge is 2.42. The second-order valence-electron chi connectivity index (χ2n) is 5.82. The zero-order valence-electron chi connectivity index (χ0n) is 11.1. The fraction of sp³-hybridized carbons (Fsp3) is 0.600. The van der Waals surface area contributed by atoms with Crippen LogP contribution in [0.2, 0.25) is 0 Å². The Balaban J connectivity index is 2.24. The van der Waals surface area contributed by atoms with E-state index in [0.29, 0.717) is 6.54 Å². The molecule has 0 atom stereocenters. The maximum Gasteiger partial charge on any atom is 0.0552 e. The average Bonchev–Trinajstić information content (AvgIpc) is 2.20. The molecule has 0 spiro atoms. The summed E-state index contributed by atoms with van der Waals surface area (Å²) in [5.41, 5.74) is 11.5. The SMILES string of the molecule is Cc1cc(C)c(CC2(CN)CC(O)C2)c(C)c1. The summed E-state index contributed by atoms with van der Waals surface area (Å²) < 4.78 is 0. The van der Waals surface area contributed by atoms with Gasteiger partial charge in [-0.25, -0.2) is 0 Å². The fourth-order valence-corrected chi connectivity index (χ4v) is 3.19.